The summed E-state index contributed by atoms with van der Waals surface area (Å²) in [5, 5.41) is 48.0. The van der Waals surface area contributed by atoms with E-state index < -0.39 is 66.2 Å². The van der Waals surface area contributed by atoms with Crippen molar-refractivity contribution in [2.45, 2.75) is 56.8 Å². The lowest BCUT2D eigenvalue weighted by molar-refractivity contribution is -0.141. The molecule has 47 heavy (non-hydrogen) atoms. The summed E-state index contributed by atoms with van der Waals surface area (Å²) < 4.78 is 0. The first-order valence-corrected chi connectivity index (χ1v) is 14.6. The highest BCUT2D eigenvalue weighted by Crippen LogP contribution is 2.15. The monoisotopic (exact) mass is 648 g/mol. The molecule has 0 aromatic heterocycles. The first-order chi connectivity index (χ1) is 22.3. The number of aromatic hydroxyl groups is 1. The third-order valence-electron chi connectivity index (χ3n) is 7.13. The molecule has 248 valence electrons. The highest BCUT2D eigenvalue weighted by Gasteiger charge is 2.31. The summed E-state index contributed by atoms with van der Waals surface area (Å²) in [5.41, 5.74) is 1.63. The molecule has 0 aliphatic rings. The summed E-state index contributed by atoms with van der Waals surface area (Å²) in [7, 11) is 0. The van der Waals surface area contributed by atoms with Crippen LogP contribution in [0, 0.1) is 0 Å². The summed E-state index contributed by atoms with van der Waals surface area (Å²) in [4.78, 5) is 74.4. The van der Waals surface area contributed by atoms with Crippen LogP contribution in [0.5, 0.6) is 5.75 Å². The fourth-order valence-corrected chi connectivity index (χ4v) is 4.57. The van der Waals surface area contributed by atoms with E-state index in [-0.39, 0.29) is 29.8 Å². The van der Waals surface area contributed by atoms with Gasteiger partial charge >= 0.3 is 17.9 Å². The Balaban J connectivity index is 1.73. The number of rotatable bonds is 17. The van der Waals surface area contributed by atoms with Gasteiger partial charge in [-0.2, -0.15) is 0 Å². The maximum Gasteiger partial charge on any atom is 0.335 e. The Bertz CT molecular complexity index is 1560. The number of aromatic carboxylic acids is 1. The maximum absolute atomic E-state index is 13.4. The number of amides is 3. The molecule has 4 atom stereocenters. The molecule has 0 heterocycles. The number of carboxylic acids is 3. The number of carbonyl (C=O) groups excluding carboxylic acids is 3. The van der Waals surface area contributed by atoms with Crippen molar-refractivity contribution in [1.82, 2.24) is 16.0 Å². The third-order valence-corrected chi connectivity index (χ3v) is 7.13. The molecule has 3 aromatic carbocycles. The normalized spacial score (nSPS) is 13.3. The second-order valence-electron chi connectivity index (χ2n) is 10.8. The van der Waals surface area contributed by atoms with Gasteiger partial charge in [-0.1, -0.05) is 42.5 Å². The zero-order valence-corrected chi connectivity index (χ0v) is 25.4. The van der Waals surface area contributed by atoms with E-state index in [1.54, 1.807) is 0 Å². The number of anilines is 1. The van der Waals surface area contributed by atoms with Crippen LogP contribution in [0.2, 0.25) is 0 Å². The Morgan fingerprint density at radius 1 is 0.681 bits per heavy atom. The lowest BCUT2D eigenvalue weighted by Crippen LogP contribution is -2.57. The average molecular weight is 649 g/mol. The third kappa shape index (κ3) is 11.6. The first-order valence-electron chi connectivity index (χ1n) is 14.6. The van der Waals surface area contributed by atoms with Gasteiger partial charge in [-0.25, -0.2) is 4.79 Å². The summed E-state index contributed by atoms with van der Waals surface area (Å²) in [6.45, 7) is 1.38. The number of phenols is 1. The minimum Gasteiger partial charge on any atom is -0.508 e. The van der Waals surface area contributed by atoms with E-state index in [9.17, 15) is 44.1 Å². The highest BCUT2D eigenvalue weighted by molar-refractivity contribution is 6.00. The highest BCUT2D eigenvalue weighted by atomic mass is 16.4. The first kappa shape index (κ1) is 35.7. The van der Waals surface area contributed by atoms with Crippen molar-refractivity contribution >= 4 is 41.3 Å². The van der Waals surface area contributed by atoms with Gasteiger partial charge in [0.1, 0.15) is 23.9 Å². The minimum atomic E-state index is -1.64. The van der Waals surface area contributed by atoms with Crippen molar-refractivity contribution in [3.63, 3.8) is 0 Å². The van der Waals surface area contributed by atoms with Crippen LogP contribution in [0.15, 0.2) is 78.9 Å². The molecule has 0 fully saturated rings. The lowest BCUT2D eigenvalue weighted by Gasteiger charge is -2.25. The van der Waals surface area contributed by atoms with Gasteiger partial charge in [0.2, 0.25) is 17.7 Å². The SMILES string of the molecule is C[C@H](N[C@H](CCc1ccccc1)C(=O)O)C(=O)N[C@@H](CC(=O)O)C(=O)N[C@@H](Cc1ccc(O)cc1)C(=O)Nc1ccc(C(=O)O)cc1. The van der Waals surface area contributed by atoms with E-state index in [2.05, 4.69) is 21.3 Å². The number of hydrogen-bond donors (Lipinski definition) is 8. The van der Waals surface area contributed by atoms with Crippen LogP contribution < -0.4 is 21.3 Å². The van der Waals surface area contributed by atoms with Crippen LogP contribution in [0.25, 0.3) is 0 Å². The fourth-order valence-electron chi connectivity index (χ4n) is 4.57. The van der Waals surface area contributed by atoms with E-state index in [0.717, 1.165) is 5.56 Å². The van der Waals surface area contributed by atoms with Gasteiger partial charge in [0.05, 0.1) is 18.0 Å². The molecule has 0 aliphatic carbocycles. The second kappa shape index (κ2) is 17.1. The standard InChI is InChI=1S/C33H36N4O10/c1-19(34-25(33(46)47)16-9-20-5-3-2-4-6-20)29(41)36-27(18-28(39)40)31(43)37-26(17-21-7-14-24(38)15-8-21)30(42)35-23-12-10-22(11-13-23)32(44)45/h2-8,10-15,19,25-27,34,38H,9,16-18H2,1H3,(H,35,42)(H,36,41)(H,37,43)(H,39,40)(H,44,45)(H,46,47)/t19-,25+,26-,27-/m0/s1. The minimum absolute atomic E-state index is 0.0150. The zero-order valence-electron chi connectivity index (χ0n) is 25.4. The topological polar surface area (TPSA) is 231 Å². The predicted molar refractivity (Wildman–Crippen MR) is 169 cm³/mol. The second-order valence-corrected chi connectivity index (χ2v) is 10.8. The van der Waals surface area contributed by atoms with Crippen molar-refractivity contribution in [1.29, 1.82) is 0 Å². The van der Waals surface area contributed by atoms with Crippen molar-refractivity contribution < 1.29 is 49.2 Å². The van der Waals surface area contributed by atoms with Crippen molar-refractivity contribution in [2.75, 3.05) is 5.32 Å². The molecule has 0 saturated heterocycles. The molecule has 3 rings (SSSR count). The Morgan fingerprint density at radius 2 is 1.30 bits per heavy atom. The lowest BCUT2D eigenvalue weighted by atomic mass is 10.0. The molecule has 0 unspecified atom stereocenters. The molecular weight excluding hydrogens is 612 g/mol. The Hall–Kier alpha value is -5.76. The van der Waals surface area contributed by atoms with E-state index >= 15 is 0 Å². The summed E-state index contributed by atoms with van der Waals surface area (Å²) in [6, 6.07) is 15.0. The van der Waals surface area contributed by atoms with Crippen LogP contribution >= 0.6 is 0 Å². The van der Waals surface area contributed by atoms with Gasteiger partial charge in [-0.05, 0) is 67.3 Å². The Kier molecular flexibility index (Phi) is 13.0. The maximum atomic E-state index is 13.4. The van der Waals surface area contributed by atoms with Gasteiger partial charge in [0.15, 0.2) is 0 Å². The number of nitrogens with one attached hydrogen (secondary N) is 4. The van der Waals surface area contributed by atoms with Crippen LogP contribution in [-0.4, -0.2) is 80.2 Å². The summed E-state index contributed by atoms with van der Waals surface area (Å²) in [6.07, 6.45) is -0.371. The Labute approximate surface area is 269 Å². The zero-order chi connectivity index (χ0) is 34.5. The van der Waals surface area contributed by atoms with Crippen LogP contribution in [0.4, 0.5) is 5.69 Å². The number of aliphatic carboxylic acids is 2. The van der Waals surface area contributed by atoms with Crippen molar-refractivity contribution in [3.8, 4) is 5.75 Å². The van der Waals surface area contributed by atoms with E-state index in [4.69, 9.17) is 5.11 Å². The number of hydrogen-bond acceptors (Lipinski definition) is 8. The van der Waals surface area contributed by atoms with E-state index in [1.807, 2.05) is 30.3 Å². The number of carbonyl (C=O) groups is 6. The summed E-state index contributed by atoms with van der Waals surface area (Å²) in [5.74, 6) is -6.37. The number of aryl methyl sites for hydroxylation is 1. The van der Waals surface area contributed by atoms with Gasteiger partial charge in [-0.3, -0.25) is 29.3 Å². The quantitative estimate of drug-likeness (QED) is 0.105. The van der Waals surface area contributed by atoms with Crippen LogP contribution in [0.1, 0.15) is 41.3 Å². The molecule has 14 nitrogen and oxygen atoms in total. The predicted octanol–water partition coefficient (Wildman–Crippen LogP) is 1.78. The largest absolute Gasteiger partial charge is 0.508 e. The fraction of sp³-hybridized carbons (Fsp3) is 0.273. The number of phenolic OH excluding ortho intramolecular Hbond substituents is 1. The van der Waals surface area contributed by atoms with Crippen molar-refractivity contribution in [2.24, 2.45) is 0 Å². The average Bonchev–Trinajstić information content (AvgIpc) is 3.03. The molecule has 14 heteroatoms. The van der Waals surface area contributed by atoms with Crippen LogP contribution in [-0.2, 0) is 36.8 Å². The molecule has 0 spiro atoms. The molecule has 3 aromatic rings. The van der Waals surface area contributed by atoms with E-state index in [1.165, 1.54) is 55.5 Å². The smallest absolute Gasteiger partial charge is 0.335 e. The molecule has 0 aliphatic heterocycles. The van der Waals surface area contributed by atoms with Crippen molar-refractivity contribution in [3.05, 3.63) is 95.6 Å². The van der Waals surface area contributed by atoms with Gasteiger partial charge in [0, 0.05) is 12.1 Å². The Morgan fingerprint density at radius 3 is 1.87 bits per heavy atom. The molecule has 8 N–H and O–H groups in total. The van der Waals surface area contributed by atoms with Crippen LogP contribution in [0.3, 0.4) is 0 Å². The van der Waals surface area contributed by atoms with Gasteiger partial charge in [-0.15, -0.1) is 0 Å². The molecule has 0 saturated carbocycles. The van der Waals surface area contributed by atoms with E-state index in [0.29, 0.717) is 12.0 Å². The molecular formula is C33H36N4O10. The van der Waals surface area contributed by atoms with Gasteiger partial charge in [0.25, 0.3) is 0 Å². The number of carboxylic acid groups (broad SMARTS) is 3. The molecule has 0 radical (unpaired) electrons. The molecule has 0 bridgehead atoms. The molecule has 3 amide bonds. The van der Waals surface area contributed by atoms with Gasteiger partial charge < -0.3 is 36.4 Å². The number of benzene rings is 3. The summed E-state index contributed by atoms with van der Waals surface area (Å²) >= 11 is 0.